The Bertz CT molecular complexity index is 544. The molecule has 1 rings (SSSR count). The molecule has 5 heteroatoms. The molecule has 0 unspecified atom stereocenters. The fourth-order valence-corrected chi connectivity index (χ4v) is 2.07. The lowest BCUT2D eigenvalue weighted by Gasteiger charge is -2.20. The molecule has 0 saturated heterocycles. The third-order valence-corrected chi connectivity index (χ3v) is 3.03. The van der Waals surface area contributed by atoms with Crippen molar-refractivity contribution in [3.63, 3.8) is 0 Å². The third-order valence-electron chi connectivity index (χ3n) is 2.68. The van der Waals surface area contributed by atoms with Gasteiger partial charge in [0, 0.05) is 5.02 Å². The predicted molar refractivity (Wildman–Crippen MR) is 82.0 cm³/mol. The summed E-state index contributed by atoms with van der Waals surface area (Å²) in [6, 6.07) is 3.07. The molecule has 1 aromatic carbocycles. The molecule has 0 fully saturated rings. The van der Waals surface area contributed by atoms with E-state index >= 15 is 0 Å². The molecule has 0 bridgehead atoms. The van der Waals surface area contributed by atoms with Crippen molar-refractivity contribution in [2.24, 2.45) is 0 Å². The van der Waals surface area contributed by atoms with Crippen molar-refractivity contribution in [1.29, 1.82) is 0 Å². The summed E-state index contributed by atoms with van der Waals surface area (Å²) in [5.74, 6) is -1.14. The molecule has 116 valence electrons. The first-order valence-electron chi connectivity index (χ1n) is 6.92. The van der Waals surface area contributed by atoms with Gasteiger partial charge in [0.1, 0.15) is 5.60 Å². The molecule has 0 aliphatic rings. The van der Waals surface area contributed by atoms with Gasteiger partial charge in [-0.15, -0.1) is 0 Å². The number of rotatable bonds is 4. The molecule has 0 N–H and O–H groups in total. The zero-order chi connectivity index (χ0) is 16.2. The van der Waals surface area contributed by atoms with Crippen molar-refractivity contribution < 1.29 is 19.1 Å². The minimum Gasteiger partial charge on any atom is -0.462 e. The highest BCUT2D eigenvalue weighted by Gasteiger charge is 2.25. The summed E-state index contributed by atoms with van der Waals surface area (Å²) in [4.78, 5) is 24.3. The van der Waals surface area contributed by atoms with Crippen molar-refractivity contribution in [1.82, 2.24) is 0 Å². The van der Waals surface area contributed by atoms with Crippen LogP contribution in [0.15, 0.2) is 12.1 Å². The zero-order valence-electron chi connectivity index (χ0n) is 13.1. The number of halogens is 1. The Kier molecular flexibility index (Phi) is 5.78. The highest BCUT2D eigenvalue weighted by molar-refractivity contribution is 6.32. The number of hydrogen-bond donors (Lipinski definition) is 0. The van der Waals surface area contributed by atoms with Crippen LogP contribution in [0.2, 0.25) is 5.02 Å². The molecule has 0 atom stereocenters. The highest BCUT2D eigenvalue weighted by Crippen LogP contribution is 2.25. The van der Waals surface area contributed by atoms with Gasteiger partial charge in [-0.3, -0.25) is 0 Å². The number of ether oxygens (including phenoxy) is 2. The number of aryl methyl sites for hydroxylation is 1. The van der Waals surface area contributed by atoms with Crippen LogP contribution in [0.4, 0.5) is 0 Å². The number of carbonyl (C=O) groups excluding carboxylic acids is 2. The van der Waals surface area contributed by atoms with Gasteiger partial charge >= 0.3 is 11.9 Å². The lowest BCUT2D eigenvalue weighted by atomic mass is 10.0. The van der Waals surface area contributed by atoms with Gasteiger partial charge in [-0.05, 0) is 51.8 Å². The molecular formula is C16H21ClO4. The van der Waals surface area contributed by atoms with E-state index in [0.717, 1.165) is 5.56 Å². The molecule has 4 nitrogen and oxygen atoms in total. The van der Waals surface area contributed by atoms with E-state index in [1.807, 2.05) is 6.92 Å². The monoisotopic (exact) mass is 312 g/mol. The van der Waals surface area contributed by atoms with Gasteiger partial charge in [0.25, 0.3) is 0 Å². The lowest BCUT2D eigenvalue weighted by molar-refractivity contribution is 0.00643. The largest absolute Gasteiger partial charge is 0.462 e. The minimum atomic E-state index is -0.654. The van der Waals surface area contributed by atoms with Gasteiger partial charge < -0.3 is 9.47 Å². The Morgan fingerprint density at radius 2 is 1.67 bits per heavy atom. The Hall–Kier alpha value is -1.55. The predicted octanol–water partition coefficient (Wildman–Crippen LogP) is 4.03. The summed E-state index contributed by atoms with van der Waals surface area (Å²) in [5.41, 5.74) is 0.448. The second-order valence-electron chi connectivity index (χ2n) is 5.57. The quantitative estimate of drug-likeness (QED) is 0.787. The van der Waals surface area contributed by atoms with Crippen molar-refractivity contribution in [2.75, 3.05) is 6.61 Å². The van der Waals surface area contributed by atoms with Gasteiger partial charge in [-0.2, -0.15) is 0 Å². The number of esters is 2. The summed E-state index contributed by atoms with van der Waals surface area (Å²) in [7, 11) is 0. The number of carbonyl (C=O) groups is 2. The Labute approximate surface area is 130 Å². The summed E-state index contributed by atoms with van der Waals surface area (Å²) in [6.07, 6.45) is 0.653. The summed E-state index contributed by atoms with van der Waals surface area (Å²) < 4.78 is 10.3. The van der Waals surface area contributed by atoms with Crippen LogP contribution < -0.4 is 0 Å². The average Bonchev–Trinajstić information content (AvgIpc) is 2.36. The van der Waals surface area contributed by atoms with Crippen LogP contribution in [0.3, 0.4) is 0 Å². The van der Waals surface area contributed by atoms with Crippen molar-refractivity contribution in [3.8, 4) is 0 Å². The van der Waals surface area contributed by atoms with Crippen LogP contribution in [0, 0.1) is 0 Å². The van der Waals surface area contributed by atoms with E-state index in [-0.39, 0.29) is 17.7 Å². The Balaban J connectivity index is 3.31. The fraction of sp³-hybridized carbons (Fsp3) is 0.500. The lowest BCUT2D eigenvalue weighted by Crippen LogP contribution is -2.25. The van der Waals surface area contributed by atoms with Crippen LogP contribution in [0.5, 0.6) is 0 Å². The highest BCUT2D eigenvalue weighted by atomic mass is 35.5. The molecule has 0 aliphatic heterocycles. The molecule has 0 saturated carbocycles. The van der Waals surface area contributed by atoms with Gasteiger partial charge in [0.05, 0.1) is 17.7 Å². The molecule has 21 heavy (non-hydrogen) atoms. The number of hydrogen-bond acceptors (Lipinski definition) is 4. The normalized spacial score (nSPS) is 11.1. The van der Waals surface area contributed by atoms with Crippen LogP contribution in [-0.4, -0.2) is 24.1 Å². The molecule has 0 aliphatic carbocycles. The maximum absolute atomic E-state index is 12.3. The van der Waals surface area contributed by atoms with E-state index in [2.05, 4.69) is 0 Å². The van der Waals surface area contributed by atoms with E-state index in [1.165, 1.54) is 6.07 Å². The first-order chi connectivity index (χ1) is 9.69. The summed E-state index contributed by atoms with van der Waals surface area (Å²) in [5, 5.41) is 0.436. The maximum Gasteiger partial charge on any atom is 0.339 e. The molecule has 0 aromatic heterocycles. The maximum atomic E-state index is 12.3. The minimum absolute atomic E-state index is 0.130. The van der Waals surface area contributed by atoms with Crippen LogP contribution in [-0.2, 0) is 15.9 Å². The molecule has 0 spiro atoms. The van der Waals surface area contributed by atoms with E-state index in [1.54, 1.807) is 33.8 Å². The second-order valence-corrected chi connectivity index (χ2v) is 5.97. The van der Waals surface area contributed by atoms with E-state index < -0.39 is 17.5 Å². The topological polar surface area (TPSA) is 52.6 Å². The van der Waals surface area contributed by atoms with Crippen LogP contribution in [0.25, 0.3) is 0 Å². The molecule has 0 amide bonds. The molecule has 1 aromatic rings. The summed E-state index contributed by atoms with van der Waals surface area (Å²) in [6.45, 7) is 9.15. The fourth-order valence-electron chi connectivity index (χ4n) is 1.77. The van der Waals surface area contributed by atoms with Crippen molar-refractivity contribution >= 4 is 23.5 Å². The molecule has 0 radical (unpaired) electrons. The van der Waals surface area contributed by atoms with Gasteiger partial charge in [-0.1, -0.05) is 18.5 Å². The van der Waals surface area contributed by atoms with E-state index in [4.69, 9.17) is 21.1 Å². The first-order valence-corrected chi connectivity index (χ1v) is 7.30. The van der Waals surface area contributed by atoms with Gasteiger partial charge in [0.15, 0.2) is 0 Å². The zero-order valence-corrected chi connectivity index (χ0v) is 13.8. The first kappa shape index (κ1) is 17.5. The SMILES string of the molecule is CCOC(=O)c1cc(CC)c(Cl)cc1C(=O)OC(C)(C)C. The smallest absolute Gasteiger partial charge is 0.339 e. The molecule has 0 heterocycles. The molecular weight excluding hydrogens is 292 g/mol. The van der Waals surface area contributed by atoms with E-state index in [9.17, 15) is 9.59 Å². The van der Waals surface area contributed by atoms with Crippen molar-refractivity contribution in [2.45, 2.75) is 46.6 Å². The third kappa shape index (κ3) is 4.74. The standard InChI is InChI=1S/C16H21ClO4/c1-6-10-8-11(14(18)20-7-2)12(9-13(10)17)15(19)21-16(3,4)5/h8-9H,6-7H2,1-5H3. The Morgan fingerprint density at radius 1 is 1.10 bits per heavy atom. The van der Waals surface area contributed by atoms with E-state index in [0.29, 0.717) is 11.4 Å². The second kappa shape index (κ2) is 6.94. The van der Waals surface area contributed by atoms with Gasteiger partial charge in [0.2, 0.25) is 0 Å². The summed E-state index contributed by atoms with van der Waals surface area (Å²) >= 11 is 6.14. The van der Waals surface area contributed by atoms with Crippen LogP contribution >= 0.6 is 11.6 Å². The average molecular weight is 313 g/mol. The van der Waals surface area contributed by atoms with Gasteiger partial charge in [-0.25, -0.2) is 9.59 Å². The number of benzene rings is 1. The van der Waals surface area contributed by atoms with Crippen molar-refractivity contribution in [3.05, 3.63) is 33.8 Å². The van der Waals surface area contributed by atoms with Crippen LogP contribution in [0.1, 0.15) is 60.9 Å². The Morgan fingerprint density at radius 3 is 2.14 bits per heavy atom.